The van der Waals surface area contributed by atoms with Crippen LogP contribution in [0.3, 0.4) is 0 Å². The Morgan fingerprint density at radius 3 is 2.38 bits per heavy atom. The molecule has 1 aromatic rings. The van der Waals surface area contributed by atoms with Crippen molar-refractivity contribution in [1.29, 1.82) is 0 Å². The van der Waals surface area contributed by atoms with Crippen molar-refractivity contribution in [3.8, 4) is 0 Å². The molecule has 1 aromatic heterocycles. The van der Waals surface area contributed by atoms with Crippen LogP contribution in [0.15, 0.2) is 6.07 Å². The zero-order valence-corrected chi connectivity index (χ0v) is 8.51. The summed E-state index contributed by atoms with van der Waals surface area (Å²) in [6.45, 7) is 3.41. The summed E-state index contributed by atoms with van der Waals surface area (Å²) in [6, 6.07) is 1.84. The molecule has 74 valence electrons. The van der Waals surface area contributed by atoms with Crippen LogP contribution in [0, 0.1) is 13.8 Å². The highest BCUT2D eigenvalue weighted by Gasteiger charge is 2.20. The van der Waals surface area contributed by atoms with E-state index < -0.39 is 18.8 Å². The molecule has 3 N–H and O–H groups in total. The Bertz CT molecular complexity index is 282. The van der Waals surface area contributed by atoms with Crippen LogP contribution in [0.4, 0.5) is 0 Å². The number of aliphatic hydroxyl groups excluding tert-OH is 3. The smallest absolute Gasteiger partial charge is 0.108 e. The molecule has 0 saturated carbocycles. The van der Waals surface area contributed by atoms with E-state index in [1.54, 1.807) is 11.3 Å². The fourth-order valence-corrected chi connectivity index (χ4v) is 2.22. The standard InChI is InChI=1S/C9H14O3S/c1-5-3-7(6(2)13-5)9(12)8(11)4-10/h3,8-12H,4H2,1-2H3. The normalized spacial score (nSPS) is 15.8. The van der Waals surface area contributed by atoms with Gasteiger partial charge in [-0.3, -0.25) is 0 Å². The van der Waals surface area contributed by atoms with Crippen molar-refractivity contribution >= 4 is 11.3 Å². The molecular formula is C9H14O3S. The van der Waals surface area contributed by atoms with Gasteiger partial charge in [-0.15, -0.1) is 11.3 Å². The second-order valence-corrected chi connectivity index (χ2v) is 4.52. The molecule has 0 bridgehead atoms. The number of hydrogen-bond donors (Lipinski definition) is 3. The summed E-state index contributed by atoms with van der Waals surface area (Å²) in [5.41, 5.74) is 0.712. The van der Waals surface area contributed by atoms with Crippen LogP contribution in [0.2, 0.25) is 0 Å². The third-order valence-corrected chi connectivity index (χ3v) is 2.93. The quantitative estimate of drug-likeness (QED) is 0.678. The highest BCUT2D eigenvalue weighted by atomic mass is 32.1. The van der Waals surface area contributed by atoms with Gasteiger partial charge in [0, 0.05) is 9.75 Å². The minimum Gasteiger partial charge on any atom is -0.394 e. The van der Waals surface area contributed by atoms with E-state index in [1.807, 2.05) is 19.9 Å². The van der Waals surface area contributed by atoms with E-state index in [0.29, 0.717) is 5.56 Å². The molecule has 0 aliphatic rings. The zero-order valence-electron chi connectivity index (χ0n) is 7.69. The van der Waals surface area contributed by atoms with Gasteiger partial charge in [-0.1, -0.05) is 0 Å². The van der Waals surface area contributed by atoms with Crippen LogP contribution in [0.25, 0.3) is 0 Å². The van der Waals surface area contributed by atoms with Gasteiger partial charge in [0.15, 0.2) is 0 Å². The SMILES string of the molecule is Cc1cc(C(O)C(O)CO)c(C)s1. The Labute approximate surface area is 81.3 Å². The van der Waals surface area contributed by atoms with E-state index in [0.717, 1.165) is 9.75 Å². The first-order chi connectivity index (χ1) is 6.06. The summed E-state index contributed by atoms with van der Waals surface area (Å²) in [6.07, 6.45) is -2.07. The third kappa shape index (κ3) is 2.28. The van der Waals surface area contributed by atoms with E-state index in [9.17, 15) is 10.2 Å². The zero-order chi connectivity index (χ0) is 10.0. The topological polar surface area (TPSA) is 60.7 Å². The monoisotopic (exact) mass is 202 g/mol. The fourth-order valence-electron chi connectivity index (χ4n) is 1.25. The van der Waals surface area contributed by atoms with Crippen molar-refractivity contribution in [2.45, 2.75) is 26.1 Å². The summed E-state index contributed by atoms with van der Waals surface area (Å²) in [4.78, 5) is 2.08. The van der Waals surface area contributed by atoms with Crippen LogP contribution in [0.1, 0.15) is 21.4 Å². The van der Waals surface area contributed by atoms with Crippen molar-refractivity contribution in [2.75, 3.05) is 6.61 Å². The first-order valence-electron chi connectivity index (χ1n) is 4.10. The Balaban J connectivity index is 2.87. The highest BCUT2D eigenvalue weighted by molar-refractivity contribution is 7.12. The molecule has 2 atom stereocenters. The average Bonchev–Trinajstić information content (AvgIpc) is 2.42. The van der Waals surface area contributed by atoms with Crippen LogP contribution in [-0.4, -0.2) is 28.0 Å². The first-order valence-corrected chi connectivity index (χ1v) is 4.91. The maximum Gasteiger partial charge on any atom is 0.108 e. The van der Waals surface area contributed by atoms with E-state index in [4.69, 9.17) is 5.11 Å². The van der Waals surface area contributed by atoms with Crippen molar-refractivity contribution < 1.29 is 15.3 Å². The molecule has 0 aliphatic heterocycles. The molecule has 1 rings (SSSR count). The summed E-state index contributed by atoms with van der Waals surface area (Å²) in [5.74, 6) is 0. The van der Waals surface area contributed by atoms with Crippen molar-refractivity contribution in [3.63, 3.8) is 0 Å². The van der Waals surface area contributed by atoms with Crippen LogP contribution < -0.4 is 0 Å². The summed E-state index contributed by atoms with van der Waals surface area (Å²) < 4.78 is 0. The van der Waals surface area contributed by atoms with E-state index >= 15 is 0 Å². The lowest BCUT2D eigenvalue weighted by Crippen LogP contribution is -2.22. The largest absolute Gasteiger partial charge is 0.394 e. The lowest BCUT2D eigenvalue weighted by molar-refractivity contribution is -0.0153. The predicted molar refractivity (Wildman–Crippen MR) is 51.8 cm³/mol. The minimum atomic E-state index is -1.09. The predicted octanol–water partition coefficient (Wildman–Crippen LogP) is 0.752. The van der Waals surface area contributed by atoms with Gasteiger partial charge in [-0.25, -0.2) is 0 Å². The molecule has 3 nitrogen and oxygen atoms in total. The summed E-state index contributed by atoms with van der Waals surface area (Å²) in [5, 5.41) is 27.5. The summed E-state index contributed by atoms with van der Waals surface area (Å²) >= 11 is 1.57. The highest BCUT2D eigenvalue weighted by Crippen LogP contribution is 2.27. The van der Waals surface area contributed by atoms with Gasteiger partial charge in [0.05, 0.1) is 6.61 Å². The van der Waals surface area contributed by atoms with Gasteiger partial charge in [-0.05, 0) is 25.5 Å². The Morgan fingerprint density at radius 1 is 1.38 bits per heavy atom. The summed E-state index contributed by atoms with van der Waals surface area (Å²) in [7, 11) is 0. The molecule has 2 unspecified atom stereocenters. The Kier molecular flexibility index (Phi) is 3.44. The van der Waals surface area contributed by atoms with Gasteiger partial charge in [0.2, 0.25) is 0 Å². The Morgan fingerprint density at radius 2 is 2.00 bits per heavy atom. The molecular weight excluding hydrogens is 188 g/mol. The van der Waals surface area contributed by atoms with Gasteiger partial charge < -0.3 is 15.3 Å². The third-order valence-electron chi connectivity index (χ3n) is 1.95. The van der Waals surface area contributed by atoms with Crippen LogP contribution in [0.5, 0.6) is 0 Å². The molecule has 0 amide bonds. The van der Waals surface area contributed by atoms with E-state index in [-0.39, 0.29) is 0 Å². The van der Waals surface area contributed by atoms with Gasteiger partial charge in [-0.2, -0.15) is 0 Å². The second-order valence-electron chi connectivity index (χ2n) is 3.06. The van der Waals surface area contributed by atoms with Gasteiger partial charge in [0.25, 0.3) is 0 Å². The lowest BCUT2D eigenvalue weighted by Gasteiger charge is -2.15. The molecule has 1 heterocycles. The minimum absolute atomic E-state index is 0.421. The molecule has 4 heteroatoms. The molecule has 0 aromatic carbocycles. The van der Waals surface area contributed by atoms with Gasteiger partial charge >= 0.3 is 0 Å². The van der Waals surface area contributed by atoms with E-state index in [2.05, 4.69) is 0 Å². The number of aliphatic hydroxyl groups is 3. The first kappa shape index (κ1) is 10.7. The van der Waals surface area contributed by atoms with Gasteiger partial charge in [0.1, 0.15) is 12.2 Å². The number of rotatable bonds is 3. The van der Waals surface area contributed by atoms with Crippen molar-refractivity contribution in [3.05, 3.63) is 21.4 Å². The number of hydrogen-bond acceptors (Lipinski definition) is 4. The molecule has 0 fully saturated rings. The molecule has 0 radical (unpaired) electrons. The van der Waals surface area contributed by atoms with Crippen LogP contribution in [-0.2, 0) is 0 Å². The molecule has 13 heavy (non-hydrogen) atoms. The molecule has 0 spiro atoms. The molecule has 0 saturated heterocycles. The maximum atomic E-state index is 9.58. The second kappa shape index (κ2) is 4.19. The lowest BCUT2D eigenvalue weighted by atomic mass is 10.1. The maximum absolute atomic E-state index is 9.58. The molecule has 0 aliphatic carbocycles. The Hall–Kier alpha value is -0.420. The van der Waals surface area contributed by atoms with Crippen LogP contribution >= 0.6 is 11.3 Å². The number of thiophene rings is 1. The average molecular weight is 202 g/mol. The van der Waals surface area contributed by atoms with Crippen molar-refractivity contribution in [2.24, 2.45) is 0 Å². The van der Waals surface area contributed by atoms with Crippen molar-refractivity contribution in [1.82, 2.24) is 0 Å². The van der Waals surface area contributed by atoms with E-state index in [1.165, 1.54) is 0 Å². The number of aryl methyl sites for hydroxylation is 2. The fraction of sp³-hybridized carbons (Fsp3) is 0.556.